The van der Waals surface area contributed by atoms with Crippen molar-refractivity contribution < 1.29 is 0 Å². The van der Waals surface area contributed by atoms with E-state index < -0.39 is 0 Å². The Morgan fingerprint density at radius 1 is 1.12 bits per heavy atom. The van der Waals surface area contributed by atoms with Crippen molar-refractivity contribution in [2.24, 2.45) is 4.99 Å². The molecule has 0 bridgehead atoms. The molecule has 16 heavy (non-hydrogen) atoms. The molecule has 0 saturated carbocycles. The molecule has 4 heteroatoms. The van der Waals surface area contributed by atoms with Crippen LogP contribution in [0.15, 0.2) is 41.5 Å². The van der Waals surface area contributed by atoms with Crippen LogP contribution in [-0.2, 0) is 0 Å². The van der Waals surface area contributed by atoms with Crippen molar-refractivity contribution in [3.63, 3.8) is 0 Å². The predicted octanol–water partition coefficient (Wildman–Crippen LogP) is 2.27. The van der Waals surface area contributed by atoms with Gasteiger partial charge in [-0.3, -0.25) is 4.99 Å². The Balaban J connectivity index is 2.07. The summed E-state index contributed by atoms with van der Waals surface area (Å²) in [5.41, 5.74) is 1.81. The minimum Gasteiger partial charge on any atom is -0.363 e. The smallest absolute Gasteiger partial charge is 0.161 e. The Labute approximate surface area is 93.1 Å². The molecule has 0 spiro atoms. The van der Waals surface area contributed by atoms with Crippen molar-refractivity contribution in [1.82, 2.24) is 9.97 Å². The lowest BCUT2D eigenvalue weighted by Crippen LogP contribution is -2.09. The largest absolute Gasteiger partial charge is 0.363 e. The molecule has 1 aliphatic heterocycles. The molecule has 3 rings (SSSR count). The minimum atomic E-state index is 0.720. The number of anilines is 1. The summed E-state index contributed by atoms with van der Waals surface area (Å²) in [7, 11) is 0. The van der Waals surface area contributed by atoms with Crippen molar-refractivity contribution in [2.75, 3.05) is 11.9 Å². The third kappa shape index (κ3) is 1.54. The first-order chi connectivity index (χ1) is 7.93. The number of hydrogen-bond donors (Lipinski definition) is 1. The van der Waals surface area contributed by atoms with Gasteiger partial charge in [-0.05, 0) is 0 Å². The number of nitrogens with zero attached hydrogens (tertiary/aromatic N) is 3. The van der Waals surface area contributed by atoms with Crippen molar-refractivity contribution in [2.45, 2.75) is 0 Å². The van der Waals surface area contributed by atoms with E-state index in [-0.39, 0.29) is 0 Å². The topological polar surface area (TPSA) is 50.2 Å². The lowest BCUT2D eigenvalue weighted by molar-refractivity contribution is 1.13. The number of aromatic nitrogens is 2. The van der Waals surface area contributed by atoms with E-state index in [2.05, 4.69) is 20.3 Å². The first-order valence-electron chi connectivity index (χ1n) is 5.12. The number of aliphatic imine (C=N–C) groups is 1. The number of hydrogen-bond acceptors (Lipinski definition) is 4. The minimum absolute atomic E-state index is 0.720. The Hall–Kier alpha value is -2.23. The highest BCUT2D eigenvalue weighted by atomic mass is 15.1. The third-order valence-corrected chi connectivity index (χ3v) is 2.39. The molecule has 1 aromatic heterocycles. The van der Waals surface area contributed by atoms with E-state index in [9.17, 15) is 0 Å². The summed E-state index contributed by atoms with van der Waals surface area (Å²) in [6.07, 6.45) is 3.56. The SMILES string of the molecule is C1=Nc2cnc(-c3ccccc3)nc2NC1. The molecule has 2 heterocycles. The van der Waals surface area contributed by atoms with Gasteiger partial charge in [0.15, 0.2) is 11.6 Å². The van der Waals surface area contributed by atoms with Crippen LogP contribution in [0.1, 0.15) is 0 Å². The maximum atomic E-state index is 4.45. The first kappa shape index (κ1) is 9.03. The van der Waals surface area contributed by atoms with Gasteiger partial charge in [0, 0.05) is 11.8 Å². The second-order valence-electron chi connectivity index (χ2n) is 3.49. The zero-order valence-electron chi connectivity index (χ0n) is 8.59. The molecular formula is C12H10N4. The summed E-state index contributed by atoms with van der Waals surface area (Å²) in [6, 6.07) is 9.92. The van der Waals surface area contributed by atoms with Crippen LogP contribution in [0.25, 0.3) is 11.4 Å². The van der Waals surface area contributed by atoms with Crippen molar-refractivity contribution in [3.05, 3.63) is 36.5 Å². The van der Waals surface area contributed by atoms with Gasteiger partial charge in [0.25, 0.3) is 0 Å². The number of nitrogens with one attached hydrogen (secondary N) is 1. The Morgan fingerprint density at radius 2 is 2.00 bits per heavy atom. The van der Waals surface area contributed by atoms with Gasteiger partial charge in [-0.2, -0.15) is 0 Å². The second-order valence-corrected chi connectivity index (χ2v) is 3.49. The summed E-state index contributed by atoms with van der Waals surface area (Å²) >= 11 is 0. The van der Waals surface area contributed by atoms with Crippen molar-refractivity contribution in [3.8, 4) is 11.4 Å². The van der Waals surface area contributed by atoms with Crippen LogP contribution in [0.4, 0.5) is 11.5 Å². The van der Waals surface area contributed by atoms with E-state index in [1.807, 2.05) is 36.5 Å². The van der Waals surface area contributed by atoms with Gasteiger partial charge in [-0.15, -0.1) is 0 Å². The van der Waals surface area contributed by atoms with E-state index in [0.717, 1.165) is 29.4 Å². The molecule has 1 aromatic carbocycles. The molecular weight excluding hydrogens is 200 g/mol. The summed E-state index contributed by atoms with van der Waals surface area (Å²) in [5, 5.41) is 3.17. The third-order valence-electron chi connectivity index (χ3n) is 2.39. The monoisotopic (exact) mass is 210 g/mol. The fraction of sp³-hybridized carbons (Fsp3) is 0.0833. The molecule has 0 fully saturated rings. The molecule has 0 unspecified atom stereocenters. The van der Waals surface area contributed by atoms with E-state index in [0.29, 0.717) is 0 Å². The highest BCUT2D eigenvalue weighted by Gasteiger charge is 2.09. The summed E-state index contributed by atoms with van der Waals surface area (Å²) in [6.45, 7) is 0.720. The van der Waals surface area contributed by atoms with Crippen LogP contribution in [0, 0.1) is 0 Å². The van der Waals surface area contributed by atoms with Crippen LogP contribution in [0.3, 0.4) is 0 Å². The molecule has 2 aromatic rings. The Bertz CT molecular complexity index is 534. The van der Waals surface area contributed by atoms with Gasteiger partial charge in [-0.1, -0.05) is 30.3 Å². The van der Waals surface area contributed by atoms with Gasteiger partial charge in [0.1, 0.15) is 5.69 Å². The Morgan fingerprint density at radius 3 is 2.88 bits per heavy atom. The van der Waals surface area contributed by atoms with E-state index in [1.54, 1.807) is 6.20 Å². The molecule has 0 aliphatic carbocycles. The van der Waals surface area contributed by atoms with Gasteiger partial charge < -0.3 is 5.32 Å². The highest BCUT2D eigenvalue weighted by molar-refractivity contribution is 5.78. The fourth-order valence-corrected chi connectivity index (χ4v) is 1.61. The number of benzene rings is 1. The zero-order chi connectivity index (χ0) is 10.8. The Kier molecular flexibility index (Phi) is 2.11. The van der Waals surface area contributed by atoms with Gasteiger partial charge in [-0.25, -0.2) is 9.97 Å². The van der Waals surface area contributed by atoms with Crippen molar-refractivity contribution in [1.29, 1.82) is 0 Å². The van der Waals surface area contributed by atoms with Crippen LogP contribution < -0.4 is 5.32 Å². The van der Waals surface area contributed by atoms with Crippen LogP contribution >= 0.6 is 0 Å². The standard InChI is InChI=1S/C12H10N4/c1-2-4-9(5-3-1)11-15-8-10-12(16-11)14-7-6-13-10/h1-6,8H,7H2,(H,14,15,16). The van der Waals surface area contributed by atoms with Crippen LogP contribution in [-0.4, -0.2) is 22.7 Å². The van der Waals surface area contributed by atoms with Gasteiger partial charge >= 0.3 is 0 Å². The zero-order valence-corrected chi connectivity index (χ0v) is 8.59. The quantitative estimate of drug-likeness (QED) is 0.785. The molecule has 0 radical (unpaired) electrons. The molecule has 4 nitrogen and oxygen atoms in total. The molecule has 78 valence electrons. The number of fused-ring (bicyclic) bond motifs is 1. The van der Waals surface area contributed by atoms with E-state index in [1.165, 1.54) is 0 Å². The lowest BCUT2D eigenvalue weighted by atomic mass is 10.2. The summed E-state index contributed by atoms with van der Waals surface area (Å²) in [4.78, 5) is 13.0. The van der Waals surface area contributed by atoms with Crippen LogP contribution in [0.5, 0.6) is 0 Å². The van der Waals surface area contributed by atoms with Gasteiger partial charge in [0.2, 0.25) is 0 Å². The van der Waals surface area contributed by atoms with Crippen molar-refractivity contribution >= 4 is 17.7 Å². The average molecular weight is 210 g/mol. The second kappa shape index (κ2) is 3.73. The summed E-state index contributed by atoms with van der Waals surface area (Å²) < 4.78 is 0. The first-order valence-corrected chi connectivity index (χ1v) is 5.12. The predicted molar refractivity (Wildman–Crippen MR) is 64.1 cm³/mol. The van der Waals surface area contributed by atoms with Gasteiger partial charge in [0.05, 0.1) is 12.7 Å². The van der Waals surface area contributed by atoms with Crippen LogP contribution in [0.2, 0.25) is 0 Å². The fourth-order valence-electron chi connectivity index (χ4n) is 1.61. The lowest BCUT2D eigenvalue weighted by Gasteiger charge is -2.11. The van der Waals surface area contributed by atoms with E-state index in [4.69, 9.17) is 0 Å². The normalized spacial score (nSPS) is 13.0. The molecule has 0 amide bonds. The highest BCUT2D eigenvalue weighted by Crippen LogP contribution is 2.26. The number of rotatable bonds is 1. The molecule has 1 N–H and O–H groups in total. The molecule has 0 atom stereocenters. The maximum absolute atomic E-state index is 4.45. The average Bonchev–Trinajstić information content (AvgIpc) is 2.39. The maximum Gasteiger partial charge on any atom is 0.161 e. The molecule has 0 saturated heterocycles. The summed E-state index contributed by atoms with van der Waals surface area (Å²) in [5.74, 6) is 1.53. The van der Waals surface area contributed by atoms with E-state index >= 15 is 0 Å². The molecule has 1 aliphatic rings.